The Balaban J connectivity index is 2.01. The number of benzene rings is 2. The Hall–Kier alpha value is -5.17. The Bertz CT molecular complexity index is 1650. The molecule has 0 radical (unpaired) electrons. The Morgan fingerprint density at radius 3 is 2.50 bits per heavy atom. The van der Waals surface area contributed by atoms with E-state index in [9.17, 15) is 28.5 Å². The largest absolute Gasteiger partial charge is 0.382 e. The third-order valence-electron chi connectivity index (χ3n) is 5.27. The van der Waals surface area contributed by atoms with Gasteiger partial charge in [0.15, 0.2) is 5.82 Å². The summed E-state index contributed by atoms with van der Waals surface area (Å²) >= 11 is 0. The second-order valence-electron chi connectivity index (χ2n) is 7.63. The summed E-state index contributed by atoms with van der Waals surface area (Å²) in [6.45, 7) is 1.54. The highest BCUT2D eigenvalue weighted by atomic mass is 19.3. The first-order valence-electron chi connectivity index (χ1n) is 10.3. The van der Waals surface area contributed by atoms with Crippen LogP contribution in [0.15, 0.2) is 41.2 Å². The van der Waals surface area contributed by atoms with Gasteiger partial charge in [0.2, 0.25) is 5.95 Å². The van der Waals surface area contributed by atoms with Gasteiger partial charge in [-0.3, -0.25) is 9.36 Å². The molecule has 0 saturated carbocycles. The number of nitrogen functional groups attached to an aromatic ring is 2. The van der Waals surface area contributed by atoms with Crippen LogP contribution in [-0.2, 0) is 0 Å². The molecule has 2 heterocycles. The first-order valence-corrected chi connectivity index (χ1v) is 10.3. The first-order chi connectivity index (χ1) is 17.1. The standard InChI is InChI=1S/C23H16F3N9O/c1-10(31-20-15(9-28)19(29)33-23(30)34-20)21-32-16-4-2-3-11(8-27)17(16)22(36)35(21)14-6-12(18(25)26)5-13(24)7-14/h2-7,10,18H,1H3,(H5,29,30,31,33,34). The third kappa shape index (κ3) is 4.21. The number of nitrogens with zero attached hydrogens (tertiary/aromatic N) is 6. The van der Waals surface area contributed by atoms with Crippen LogP contribution in [0.2, 0.25) is 0 Å². The molecule has 0 saturated heterocycles. The predicted octanol–water partition coefficient (Wildman–Crippen LogP) is 3.33. The molecule has 0 spiro atoms. The number of anilines is 3. The van der Waals surface area contributed by atoms with Crippen molar-refractivity contribution in [1.82, 2.24) is 19.5 Å². The Morgan fingerprint density at radius 1 is 1.08 bits per heavy atom. The Labute approximate surface area is 201 Å². The van der Waals surface area contributed by atoms with Crippen LogP contribution in [0, 0.1) is 28.5 Å². The van der Waals surface area contributed by atoms with E-state index in [4.69, 9.17) is 11.5 Å². The number of nitrogens with one attached hydrogen (secondary N) is 1. The van der Waals surface area contributed by atoms with Crippen molar-refractivity contribution in [3.63, 3.8) is 0 Å². The van der Waals surface area contributed by atoms with Gasteiger partial charge in [-0.1, -0.05) is 6.07 Å². The van der Waals surface area contributed by atoms with Crippen molar-refractivity contribution in [2.75, 3.05) is 16.8 Å². The third-order valence-corrected chi connectivity index (χ3v) is 5.27. The molecule has 180 valence electrons. The number of fused-ring (bicyclic) bond motifs is 1. The second-order valence-corrected chi connectivity index (χ2v) is 7.63. The molecule has 0 aliphatic heterocycles. The van der Waals surface area contributed by atoms with Gasteiger partial charge in [-0.2, -0.15) is 20.5 Å². The van der Waals surface area contributed by atoms with E-state index in [-0.39, 0.29) is 51.1 Å². The van der Waals surface area contributed by atoms with Gasteiger partial charge >= 0.3 is 0 Å². The van der Waals surface area contributed by atoms with Crippen LogP contribution in [0.5, 0.6) is 0 Å². The topological polar surface area (TPSA) is 172 Å². The van der Waals surface area contributed by atoms with Crippen molar-refractivity contribution in [3.8, 4) is 17.8 Å². The maximum absolute atomic E-state index is 14.3. The van der Waals surface area contributed by atoms with Gasteiger partial charge in [0, 0.05) is 5.56 Å². The number of hydrogen-bond acceptors (Lipinski definition) is 9. The normalized spacial score (nSPS) is 11.8. The van der Waals surface area contributed by atoms with Crippen molar-refractivity contribution in [2.24, 2.45) is 0 Å². The lowest BCUT2D eigenvalue weighted by atomic mass is 10.1. The smallest absolute Gasteiger partial charge is 0.267 e. The van der Waals surface area contributed by atoms with E-state index >= 15 is 0 Å². The predicted molar refractivity (Wildman–Crippen MR) is 125 cm³/mol. The van der Waals surface area contributed by atoms with Gasteiger partial charge < -0.3 is 16.8 Å². The van der Waals surface area contributed by atoms with Crippen LogP contribution in [-0.4, -0.2) is 19.5 Å². The molecule has 0 bridgehead atoms. The van der Waals surface area contributed by atoms with Crippen molar-refractivity contribution < 1.29 is 13.2 Å². The fraction of sp³-hybridized carbons (Fsp3) is 0.130. The van der Waals surface area contributed by atoms with Gasteiger partial charge in [0.25, 0.3) is 12.0 Å². The zero-order chi connectivity index (χ0) is 26.1. The molecular formula is C23H16F3N9O. The molecule has 13 heteroatoms. The number of nitriles is 2. The van der Waals surface area contributed by atoms with Crippen LogP contribution >= 0.6 is 0 Å². The van der Waals surface area contributed by atoms with Crippen molar-refractivity contribution in [1.29, 1.82) is 10.5 Å². The van der Waals surface area contributed by atoms with Crippen LogP contribution in [0.3, 0.4) is 0 Å². The summed E-state index contributed by atoms with van der Waals surface area (Å²) in [7, 11) is 0. The van der Waals surface area contributed by atoms with Gasteiger partial charge in [0.05, 0.1) is 28.2 Å². The molecule has 0 amide bonds. The molecule has 36 heavy (non-hydrogen) atoms. The fourth-order valence-corrected chi connectivity index (χ4v) is 3.71. The number of nitrogens with two attached hydrogens (primary N) is 2. The summed E-state index contributed by atoms with van der Waals surface area (Å²) in [6.07, 6.45) is -3.01. The highest BCUT2D eigenvalue weighted by Gasteiger charge is 2.23. The molecule has 0 aliphatic rings. The second kappa shape index (κ2) is 9.23. The quantitative estimate of drug-likeness (QED) is 0.378. The first kappa shape index (κ1) is 24.0. The summed E-state index contributed by atoms with van der Waals surface area (Å²) in [5.41, 5.74) is 9.75. The van der Waals surface area contributed by atoms with E-state index in [1.807, 2.05) is 12.1 Å². The van der Waals surface area contributed by atoms with E-state index < -0.39 is 29.4 Å². The van der Waals surface area contributed by atoms with Crippen molar-refractivity contribution >= 4 is 28.5 Å². The van der Waals surface area contributed by atoms with Crippen LogP contribution < -0.4 is 22.3 Å². The van der Waals surface area contributed by atoms with Crippen molar-refractivity contribution in [2.45, 2.75) is 19.4 Å². The Kier molecular flexibility index (Phi) is 6.15. The summed E-state index contributed by atoms with van der Waals surface area (Å²) in [6, 6.07) is 9.76. The molecule has 10 nitrogen and oxygen atoms in total. The minimum absolute atomic E-state index is 0.000451. The average Bonchev–Trinajstić information content (AvgIpc) is 2.82. The van der Waals surface area contributed by atoms with E-state index in [0.29, 0.717) is 6.07 Å². The molecule has 5 N–H and O–H groups in total. The average molecular weight is 491 g/mol. The van der Waals surface area contributed by atoms with Gasteiger partial charge in [-0.25, -0.2) is 18.2 Å². The van der Waals surface area contributed by atoms with Gasteiger partial charge in [-0.05, 0) is 37.3 Å². The molecule has 4 rings (SSSR count). The lowest BCUT2D eigenvalue weighted by Crippen LogP contribution is -2.28. The number of alkyl halides is 2. The number of halogens is 3. The maximum Gasteiger partial charge on any atom is 0.267 e. The minimum atomic E-state index is -3.01. The van der Waals surface area contributed by atoms with Crippen LogP contribution in [0.25, 0.3) is 16.6 Å². The summed E-state index contributed by atoms with van der Waals surface area (Å²) < 4.78 is 42.1. The number of hydrogen-bond donors (Lipinski definition) is 3. The van der Waals surface area contributed by atoms with Gasteiger partial charge in [-0.15, -0.1) is 0 Å². The molecule has 1 unspecified atom stereocenters. The van der Waals surface area contributed by atoms with E-state index in [2.05, 4.69) is 20.3 Å². The molecule has 2 aromatic heterocycles. The summed E-state index contributed by atoms with van der Waals surface area (Å²) in [5, 5.41) is 21.8. The number of aromatic nitrogens is 4. The maximum atomic E-state index is 14.3. The molecule has 2 aromatic carbocycles. The van der Waals surface area contributed by atoms with Crippen molar-refractivity contribution in [3.05, 3.63) is 75.1 Å². The minimum Gasteiger partial charge on any atom is -0.382 e. The lowest BCUT2D eigenvalue weighted by molar-refractivity contribution is 0.151. The summed E-state index contributed by atoms with van der Waals surface area (Å²) in [4.78, 5) is 25.8. The molecule has 0 aliphatic carbocycles. The molecule has 0 fully saturated rings. The van der Waals surface area contributed by atoms with Crippen LogP contribution in [0.1, 0.15) is 41.9 Å². The van der Waals surface area contributed by atoms with E-state index in [0.717, 1.165) is 16.7 Å². The fourth-order valence-electron chi connectivity index (χ4n) is 3.71. The molecule has 4 aromatic rings. The zero-order valence-corrected chi connectivity index (χ0v) is 18.5. The highest BCUT2D eigenvalue weighted by Crippen LogP contribution is 2.28. The van der Waals surface area contributed by atoms with E-state index in [1.165, 1.54) is 18.2 Å². The number of rotatable bonds is 5. The molecular weight excluding hydrogens is 475 g/mol. The lowest BCUT2D eigenvalue weighted by Gasteiger charge is -2.21. The summed E-state index contributed by atoms with van der Waals surface area (Å²) in [5.74, 6) is -1.52. The van der Waals surface area contributed by atoms with Gasteiger partial charge in [0.1, 0.15) is 35.2 Å². The monoisotopic (exact) mass is 491 g/mol. The van der Waals surface area contributed by atoms with E-state index in [1.54, 1.807) is 6.92 Å². The SMILES string of the molecule is CC(Nc1nc(N)nc(N)c1C#N)c1nc2cccc(C#N)c2c(=O)n1-c1cc(F)cc(C(F)F)c1. The molecule has 1 atom stereocenters. The highest BCUT2D eigenvalue weighted by molar-refractivity contribution is 5.84. The zero-order valence-electron chi connectivity index (χ0n) is 18.5. The Morgan fingerprint density at radius 2 is 1.83 bits per heavy atom. The van der Waals surface area contributed by atoms with Crippen LogP contribution in [0.4, 0.5) is 30.8 Å².